The lowest BCUT2D eigenvalue weighted by atomic mass is 10.1. The number of nitrogens with two attached hydrogens (primary N) is 1. The van der Waals surface area contributed by atoms with Crippen LogP contribution in [0.25, 0.3) is 0 Å². The van der Waals surface area contributed by atoms with Crippen molar-refractivity contribution in [3.63, 3.8) is 0 Å². The van der Waals surface area contributed by atoms with Crippen LogP contribution < -0.4 is 15.8 Å². The second-order valence-electron chi connectivity index (χ2n) is 6.22. The zero-order valence-corrected chi connectivity index (χ0v) is 15.1. The third-order valence-corrected chi connectivity index (χ3v) is 4.46. The van der Waals surface area contributed by atoms with Crippen LogP contribution in [0.4, 0.5) is 0 Å². The molecule has 0 aliphatic heterocycles. The second-order valence-corrected chi connectivity index (χ2v) is 6.22. The van der Waals surface area contributed by atoms with Crippen molar-refractivity contribution in [3.05, 3.63) is 65.2 Å². The van der Waals surface area contributed by atoms with E-state index in [1.807, 2.05) is 36.4 Å². The molecule has 1 saturated carbocycles. The zero-order chi connectivity index (χ0) is 16.8. The van der Waals surface area contributed by atoms with Crippen LogP contribution >= 0.6 is 12.4 Å². The first-order chi connectivity index (χ1) is 11.8. The summed E-state index contributed by atoms with van der Waals surface area (Å²) in [4.78, 5) is 12.3. The molecule has 4 nitrogen and oxygen atoms in total. The van der Waals surface area contributed by atoms with Gasteiger partial charge in [0.2, 0.25) is 0 Å². The Morgan fingerprint density at radius 3 is 2.44 bits per heavy atom. The van der Waals surface area contributed by atoms with Crippen LogP contribution in [0.2, 0.25) is 0 Å². The Balaban J connectivity index is 0.00000225. The van der Waals surface area contributed by atoms with E-state index in [2.05, 4.69) is 5.32 Å². The number of nitrogens with one attached hydrogen (secondary N) is 1. The van der Waals surface area contributed by atoms with Crippen molar-refractivity contribution in [2.45, 2.75) is 44.9 Å². The Labute approximate surface area is 155 Å². The minimum atomic E-state index is -0.0887. The van der Waals surface area contributed by atoms with Crippen LogP contribution in [-0.4, -0.2) is 12.0 Å². The third kappa shape index (κ3) is 5.21. The predicted octanol–water partition coefficient (Wildman–Crippen LogP) is 3.82. The molecule has 0 bridgehead atoms. The Morgan fingerprint density at radius 2 is 1.76 bits per heavy atom. The maximum atomic E-state index is 12.3. The molecule has 0 spiro atoms. The van der Waals surface area contributed by atoms with Crippen LogP contribution in [0, 0.1) is 0 Å². The molecular formula is C20H25ClN2O2. The number of halogens is 1. The third-order valence-electron chi connectivity index (χ3n) is 4.46. The topological polar surface area (TPSA) is 64.4 Å². The van der Waals surface area contributed by atoms with Crippen LogP contribution in [-0.2, 0) is 13.1 Å². The zero-order valence-electron chi connectivity index (χ0n) is 14.2. The van der Waals surface area contributed by atoms with Gasteiger partial charge >= 0.3 is 0 Å². The molecule has 0 saturated heterocycles. The average Bonchev–Trinajstić information content (AvgIpc) is 3.14. The summed E-state index contributed by atoms with van der Waals surface area (Å²) in [5, 5.41) is 2.97. The first-order valence-corrected chi connectivity index (χ1v) is 8.58. The summed E-state index contributed by atoms with van der Waals surface area (Å²) in [6.07, 6.45) is 5.03. The van der Waals surface area contributed by atoms with Crippen molar-refractivity contribution >= 4 is 18.3 Å². The Hall–Kier alpha value is -2.04. The number of carbonyl (C=O) groups is 1. The van der Waals surface area contributed by atoms with Crippen molar-refractivity contribution in [1.82, 2.24) is 5.32 Å². The fraction of sp³-hybridized carbons (Fsp3) is 0.350. The number of ether oxygens (including phenoxy) is 1. The largest absolute Gasteiger partial charge is 0.490 e. The molecule has 25 heavy (non-hydrogen) atoms. The quantitative estimate of drug-likeness (QED) is 0.823. The van der Waals surface area contributed by atoms with Gasteiger partial charge in [0.15, 0.2) is 0 Å². The number of benzene rings is 2. The summed E-state index contributed by atoms with van der Waals surface area (Å²) in [7, 11) is 0. The number of para-hydroxylation sites is 1. The van der Waals surface area contributed by atoms with Crippen molar-refractivity contribution in [2.24, 2.45) is 5.73 Å². The van der Waals surface area contributed by atoms with Gasteiger partial charge in [0.1, 0.15) is 5.75 Å². The van der Waals surface area contributed by atoms with Gasteiger partial charge in [0, 0.05) is 24.2 Å². The van der Waals surface area contributed by atoms with Crippen molar-refractivity contribution in [1.29, 1.82) is 0 Å². The first-order valence-electron chi connectivity index (χ1n) is 8.58. The van der Waals surface area contributed by atoms with Crippen molar-refractivity contribution in [2.75, 3.05) is 0 Å². The SMILES string of the molecule is Cl.NCc1ccc(C(=O)NCc2ccccc2OC2CCCC2)cc1. The molecular weight excluding hydrogens is 336 g/mol. The Kier molecular flexibility index (Phi) is 7.29. The van der Waals surface area contributed by atoms with Gasteiger partial charge in [-0.05, 0) is 49.4 Å². The summed E-state index contributed by atoms with van der Waals surface area (Å²) in [6, 6.07) is 15.3. The minimum Gasteiger partial charge on any atom is -0.490 e. The first kappa shape index (κ1) is 19.3. The molecule has 0 radical (unpaired) electrons. The Bertz CT molecular complexity index is 682. The monoisotopic (exact) mass is 360 g/mol. The molecule has 0 heterocycles. The van der Waals surface area contributed by atoms with Crippen LogP contribution in [0.5, 0.6) is 5.75 Å². The van der Waals surface area contributed by atoms with Crippen LogP contribution in [0.1, 0.15) is 47.2 Å². The maximum Gasteiger partial charge on any atom is 0.251 e. The van der Waals surface area contributed by atoms with E-state index in [-0.39, 0.29) is 18.3 Å². The molecule has 0 aromatic heterocycles. The van der Waals surface area contributed by atoms with Crippen LogP contribution in [0.3, 0.4) is 0 Å². The molecule has 1 fully saturated rings. The van der Waals surface area contributed by atoms with E-state index in [1.165, 1.54) is 12.8 Å². The average molecular weight is 361 g/mol. The van der Waals surface area contributed by atoms with E-state index in [0.717, 1.165) is 29.7 Å². The molecule has 2 aromatic rings. The summed E-state index contributed by atoms with van der Waals surface area (Å²) < 4.78 is 6.11. The highest BCUT2D eigenvalue weighted by molar-refractivity contribution is 5.94. The summed E-state index contributed by atoms with van der Waals surface area (Å²) in [5.74, 6) is 0.789. The van der Waals surface area contributed by atoms with Gasteiger partial charge in [-0.3, -0.25) is 4.79 Å². The summed E-state index contributed by atoms with van der Waals surface area (Å²) in [6.45, 7) is 0.939. The molecule has 1 aliphatic carbocycles. The normalized spacial score (nSPS) is 14.0. The second kappa shape index (κ2) is 9.44. The van der Waals surface area contributed by atoms with E-state index < -0.39 is 0 Å². The molecule has 2 aromatic carbocycles. The molecule has 0 unspecified atom stereocenters. The fourth-order valence-electron chi connectivity index (χ4n) is 3.02. The molecule has 134 valence electrons. The van der Waals surface area contributed by atoms with Gasteiger partial charge in [-0.15, -0.1) is 12.4 Å². The summed E-state index contributed by atoms with van der Waals surface area (Å²) >= 11 is 0. The Morgan fingerprint density at radius 1 is 1.08 bits per heavy atom. The van der Waals surface area contributed by atoms with Gasteiger partial charge in [-0.1, -0.05) is 30.3 Å². The number of carbonyl (C=O) groups excluding carboxylic acids is 1. The van der Waals surface area contributed by atoms with E-state index in [4.69, 9.17) is 10.5 Å². The van der Waals surface area contributed by atoms with Gasteiger partial charge in [0.05, 0.1) is 6.10 Å². The standard InChI is InChI=1S/C20H24N2O2.ClH/c21-13-15-9-11-16(12-10-15)20(23)22-14-17-5-1-4-8-19(17)24-18-6-2-3-7-18;/h1,4-5,8-12,18H,2-3,6-7,13-14,21H2,(H,22,23);1H. The van der Waals surface area contributed by atoms with Gasteiger partial charge in [-0.2, -0.15) is 0 Å². The smallest absolute Gasteiger partial charge is 0.251 e. The highest BCUT2D eigenvalue weighted by Gasteiger charge is 2.18. The lowest BCUT2D eigenvalue weighted by Gasteiger charge is -2.16. The molecule has 1 amide bonds. The van der Waals surface area contributed by atoms with Gasteiger partial charge in [-0.25, -0.2) is 0 Å². The van der Waals surface area contributed by atoms with Crippen molar-refractivity contribution < 1.29 is 9.53 Å². The maximum absolute atomic E-state index is 12.3. The number of hydrogen-bond donors (Lipinski definition) is 2. The lowest BCUT2D eigenvalue weighted by molar-refractivity contribution is 0.0950. The van der Waals surface area contributed by atoms with Crippen LogP contribution in [0.15, 0.2) is 48.5 Å². The molecule has 3 rings (SSSR count). The highest BCUT2D eigenvalue weighted by Crippen LogP contribution is 2.26. The number of amides is 1. The number of hydrogen-bond acceptors (Lipinski definition) is 3. The van der Waals surface area contributed by atoms with Gasteiger partial charge in [0.25, 0.3) is 5.91 Å². The highest BCUT2D eigenvalue weighted by atomic mass is 35.5. The van der Waals surface area contributed by atoms with Gasteiger partial charge < -0.3 is 15.8 Å². The molecule has 5 heteroatoms. The predicted molar refractivity (Wildman–Crippen MR) is 102 cm³/mol. The molecule has 0 atom stereocenters. The van der Waals surface area contributed by atoms with E-state index in [0.29, 0.717) is 24.8 Å². The number of rotatable bonds is 6. The molecule has 3 N–H and O–H groups in total. The summed E-state index contributed by atoms with van der Waals surface area (Å²) in [5.41, 5.74) is 8.25. The van der Waals surface area contributed by atoms with E-state index in [1.54, 1.807) is 12.1 Å². The van der Waals surface area contributed by atoms with E-state index >= 15 is 0 Å². The van der Waals surface area contributed by atoms with E-state index in [9.17, 15) is 4.79 Å². The lowest BCUT2D eigenvalue weighted by Crippen LogP contribution is -2.23. The fourth-order valence-corrected chi connectivity index (χ4v) is 3.02. The molecule has 1 aliphatic rings. The minimum absolute atomic E-state index is 0. The van der Waals surface area contributed by atoms with Crippen molar-refractivity contribution in [3.8, 4) is 5.75 Å².